The normalized spacial score (nSPS) is 14.4. The lowest BCUT2D eigenvalue weighted by Crippen LogP contribution is -2.39. The maximum absolute atomic E-state index is 12.5. The number of ether oxygens (including phenoxy) is 2. The zero-order chi connectivity index (χ0) is 18.0. The summed E-state index contributed by atoms with van der Waals surface area (Å²) in [6.45, 7) is 4.75. The number of carbonyl (C=O) groups is 1. The van der Waals surface area contributed by atoms with Gasteiger partial charge in [-0.05, 0) is 41.8 Å². The summed E-state index contributed by atoms with van der Waals surface area (Å²) in [6.07, 6.45) is 0. The predicted octanol–water partition coefficient (Wildman–Crippen LogP) is 1.98. The van der Waals surface area contributed by atoms with Crippen molar-refractivity contribution >= 4 is 11.8 Å². The minimum atomic E-state index is -0.390. The Kier molecular flexibility index (Phi) is 4.90. The average Bonchev–Trinajstić information content (AvgIpc) is 2.64. The Bertz CT molecular complexity index is 851. The molecule has 1 aromatic carbocycles. The molecule has 0 aliphatic carbocycles. The molecule has 6 nitrogen and oxygen atoms in total. The summed E-state index contributed by atoms with van der Waals surface area (Å²) in [7, 11) is 3.13. The Morgan fingerprint density at radius 2 is 1.88 bits per heavy atom. The highest BCUT2D eigenvalue weighted by atomic mass is 16.5. The fourth-order valence-electron chi connectivity index (χ4n) is 3.05. The molecule has 2 aromatic rings. The minimum Gasteiger partial charge on any atom is -0.465 e. The van der Waals surface area contributed by atoms with Gasteiger partial charge in [0.05, 0.1) is 25.9 Å². The van der Waals surface area contributed by atoms with Gasteiger partial charge in [-0.1, -0.05) is 6.07 Å². The van der Waals surface area contributed by atoms with Gasteiger partial charge in [-0.15, -0.1) is 0 Å². The molecule has 0 unspecified atom stereocenters. The molecule has 0 radical (unpaired) electrons. The van der Waals surface area contributed by atoms with E-state index in [2.05, 4.69) is 4.90 Å². The molecule has 0 amide bonds. The summed E-state index contributed by atoms with van der Waals surface area (Å²) in [5.41, 5.74) is 3.04. The number of hydrogen-bond acceptors (Lipinski definition) is 5. The Labute approximate surface area is 146 Å². The second-order valence-electron chi connectivity index (χ2n) is 6.12. The Morgan fingerprint density at radius 1 is 1.16 bits per heavy atom. The lowest BCUT2D eigenvalue weighted by atomic mass is 9.98. The number of aryl methyl sites for hydroxylation is 1. The van der Waals surface area contributed by atoms with Gasteiger partial charge in [0, 0.05) is 26.2 Å². The lowest BCUT2D eigenvalue weighted by Gasteiger charge is -2.30. The van der Waals surface area contributed by atoms with Crippen molar-refractivity contribution in [2.45, 2.75) is 6.92 Å². The zero-order valence-electron chi connectivity index (χ0n) is 14.7. The third-order valence-corrected chi connectivity index (χ3v) is 4.54. The molecule has 1 fully saturated rings. The predicted molar refractivity (Wildman–Crippen MR) is 96.2 cm³/mol. The Morgan fingerprint density at radius 3 is 2.56 bits per heavy atom. The second kappa shape index (κ2) is 7.11. The van der Waals surface area contributed by atoms with Crippen LogP contribution in [0.25, 0.3) is 11.1 Å². The van der Waals surface area contributed by atoms with Gasteiger partial charge in [-0.3, -0.25) is 9.36 Å². The van der Waals surface area contributed by atoms with Crippen molar-refractivity contribution in [3.63, 3.8) is 0 Å². The van der Waals surface area contributed by atoms with E-state index in [9.17, 15) is 9.59 Å². The molecule has 3 rings (SSSR count). The van der Waals surface area contributed by atoms with Crippen molar-refractivity contribution in [3.8, 4) is 11.1 Å². The number of aromatic nitrogens is 1. The van der Waals surface area contributed by atoms with Gasteiger partial charge in [0.2, 0.25) is 0 Å². The maximum atomic E-state index is 12.5. The number of methoxy groups -OCH3 is 1. The number of nitrogens with zero attached hydrogens (tertiary/aromatic N) is 2. The van der Waals surface area contributed by atoms with Crippen LogP contribution < -0.4 is 10.5 Å². The molecule has 25 heavy (non-hydrogen) atoms. The summed E-state index contributed by atoms with van der Waals surface area (Å²) in [5.74, 6) is 0.465. The highest BCUT2D eigenvalue weighted by Crippen LogP contribution is 2.27. The van der Waals surface area contributed by atoms with Gasteiger partial charge >= 0.3 is 5.97 Å². The molecule has 0 spiro atoms. The number of pyridine rings is 1. The van der Waals surface area contributed by atoms with Gasteiger partial charge < -0.3 is 14.4 Å². The number of esters is 1. The van der Waals surface area contributed by atoms with Gasteiger partial charge in [0.1, 0.15) is 5.82 Å². The molecule has 6 heteroatoms. The second-order valence-corrected chi connectivity index (χ2v) is 6.12. The lowest BCUT2D eigenvalue weighted by molar-refractivity contribution is 0.0601. The minimum absolute atomic E-state index is 0.0816. The van der Waals surface area contributed by atoms with Crippen molar-refractivity contribution < 1.29 is 14.3 Å². The van der Waals surface area contributed by atoms with E-state index in [0.29, 0.717) is 18.8 Å². The van der Waals surface area contributed by atoms with E-state index in [4.69, 9.17) is 9.47 Å². The number of anilines is 1. The molecule has 132 valence electrons. The quantitative estimate of drug-likeness (QED) is 0.798. The topological polar surface area (TPSA) is 60.8 Å². The zero-order valence-corrected chi connectivity index (χ0v) is 14.7. The fraction of sp³-hybridized carbons (Fsp3) is 0.368. The first-order chi connectivity index (χ1) is 12.0. The third kappa shape index (κ3) is 3.44. The maximum Gasteiger partial charge on any atom is 0.337 e. The molecule has 0 atom stereocenters. The van der Waals surface area contributed by atoms with E-state index in [1.807, 2.05) is 19.1 Å². The molecule has 0 bridgehead atoms. The van der Waals surface area contributed by atoms with Crippen LogP contribution in [0.3, 0.4) is 0 Å². The Balaban J connectivity index is 2.10. The Hall–Kier alpha value is -2.60. The SMILES string of the molecule is COC(=O)c1ccc(C)c(-c2cc(N3CCOCC3)n(C)c(=O)c2)c1. The monoisotopic (exact) mass is 342 g/mol. The first-order valence-corrected chi connectivity index (χ1v) is 8.24. The van der Waals surface area contributed by atoms with E-state index in [1.165, 1.54) is 7.11 Å². The first kappa shape index (κ1) is 17.2. The van der Waals surface area contributed by atoms with Gasteiger partial charge in [0.15, 0.2) is 0 Å². The number of morpholine rings is 1. The van der Waals surface area contributed by atoms with Crippen LogP contribution in [-0.2, 0) is 16.5 Å². The van der Waals surface area contributed by atoms with Crippen LogP contribution in [0.1, 0.15) is 15.9 Å². The van der Waals surface area contributed by atoms with E-state index < -0.39 is 5.97 Å². The van der Waals surface area contributed by atoms with Crippen molar-refractivity contribution in [2.24, 2.45) is 7.05 Å². The van der Waals surface area contributed by atoms with Crippen LogP contribution in [0.4, 0.5) is 5.82 Å². The highest BCUT2D eigenvalue weighted by molar-refractivity contribution is 5.91. The van der Waals surface area contributed by atoms with Crippen molar-refractivity contribution in [2.75, 3.05) is 38.3 Å². The number of rotatable bonds is 3. The van der Waals surface area contributed by atoms with E-state index >= 15 is 0 Å². The molecule has 2 heterocycles. The third-order valence-electron chi connectivity index (χ3n) is 4.54. The molecule has 0 saturated carbocycles. The first-order valence-electron chi connectivity index (χ1n) is 8.24. The molecular weight excluding hydrogens is 320 g/mol. The van der Waals surface area contributed by atoms with Gasteiger partial charge in [0.25, 0.3) is 5.56 Å². The highest BCUT2D eigenvalue weighted by Gasteiger charge is 2.17. The van der Waals surface area contributed by atoms with Gasteiger partial charge in [-0.2, -0.15) is 0 Å². The molecule has 1 aliphatic rings. The summed E-state index contributed by atoms with van der Waals surface area (Å²) in [6, 6.07) is 8.98. The van der Waals surface area contributed by atoms with Crippen molar-refractivity contribution in [1.82, 2.24) is 4.57 Å². The van der Waals surface area contributed by atoms with E-state index in [1.54, 1.807) is 29.8 Å². The molecular formula is C19H22N2O4. The van der Waals surface area contributed by atoms with Crippen LogP contribution >= 0.6 is 0 Å². The van der Waals surface area contributed by atoms with Crippen molar-refractivity contribution in [3.05, 3.63) is 51.8 Å². The summed E-state index contributed by atoms with van der Waals surface area (Å²) < 4.78 is 11.8. The van der Waals surface area contributed by atoms with Crippen LogP contribution in [0.2, 0.25) is 0 Å². The van der Waals surface area contributed by atoms with Crippen LogP contribution in [0.5, 0.6) is 0 Å². The number of benzene rings is 1. The molecule has 0 N–H and O–H groups in total. The molecule has 1 aliphatic heterocycles. The number of hydrogen-bond donors (Lipinski definition) is 0. The summed E-state index contributed by atoms with van der Waals surface area (Å²) in [5, 5.41) is 0. The largest absolute Gasteiger partial charge is 0.465 e. The van der Waals surface area contributed by atoms with Crippen LogP contribution in [0, 0.1) is 6.92 Å². The summed E-state index contributed by atoms with van der Waals surface area (Å²) >= 11 is 0. The average molecular weight is 342 g/mol. The number of carbonyl (C=O) groups excluding carboxylic acids is 1. The van der Waals surface area contributed by atoms with E-state index in [0.717, 1.165) is 35.6 Å². The van der Waals surface area contributed by atoms with Gasteiger partial charge in [-0.25, -0.2) is 4.79 Å². The molecule has 1 saturated heterocycles. The molecule has 1 aromatic heterocycles. The van der Waals surface area contributed by atoms with Crippen molar-refractivity contribution in [1.29, 1.82) is 0 Å². The smallest absolute Gasteiger partial charge is 0.337 e. The van der Waals surface area contributed by atoms with E-state index in [-0.39, 0.29) is 5.56 Å². The van der Waals surface area contributed by atoms with Crippen LogP contribution in [-0.4, -0.2) is 43.9 Å². The standard InChI is InChI=1S/C19H22N2O4/c1-13-4-5-14(19(23)24-3)10-16(13)15-11-17(20(2)18(22)12-15)21-6-8-25-9-7-21/h4-5,10-12H,6-9H2,1-3H3. The van der Waals surface area contributed by atoms with Crippen LogP contribution in [0.15, 0.2) is 35.1 Å². The fourth-order valence-corrected chi connectivity index (χ4v) is 3.05. The summed E-state index contributed by atoms with van der Waals surface area (Å²) in [4.78, 5) is 26.5.